The van der Waals surface area contributed by atoms with Crippen LogP contribution in [0.4, 0.5) is 5.69 Å². The van der Waals surface area contributed by atoms with Crippen molar-refractivity contribution in [2.75, 3.05) is 38.8 Å². The highest BCUT2D eigenvalue weighted by Gasteiger charge is 2.23. The van der Waals surface area contributed by atoms with E-state index in [2.05, 4.69) is 20.7 Å². The number of nitriles is 1. The van der Waals surface area contributed by atoms with E-state index in [1.54, 1.807) is 26.5 Å². The highest BCUT2D eigenvalue weighted by molar-refractivity contribution is 7.87. The van der Waals surface area contributed by atoms with Crippen LogP contribution in [0.2, 0.25) is 0 Å². The van der Waals surface area contributed by atoms with Gasteiger partial charge in [-0.3, -0.25) is 4.98 Å². The number of hydrogen-bond donors (Lipinski definition) is 2. The second kappa shape index (κ2) is 8.82. The van der Waals surface area contributed by atoms with Crippen LogP contribution in [0, 0.1) is 17.2 Å². The molecule has 156 valence electrons. The second-order valence-electron chi connectivity index (χ2n) is 7.03. The number of ether oxygens (including phenoxy) is 2. The van der Waals surface area contributed by atoms with Gasteiger partial charge >= 0.3 is 0 Å². The van der Waals surface area contributed by atoms with E-state index in [0.29, 0.717) is 35.7 Å². The first-order chi connectivity index (χ1) is 13.9. The number of pyridine rings is 1. The largest absolute Gasteiger partial charge is 0.493 e. The molecule has 2 aromatic rings. The summed E-state index contributed by atoms with van der Waals surface area (Å²) in [5, 5.41) is 15.5. The quantitative estimate of drug-likeness (QED) is 0.726. The molecule has 1 aliphatic rings. The molecule has 0 saturated carbocycles. The van der Waals surface area contributed by atoms with E-state index in [-0.39, 0.29) is 5.92 Å². The molecule has 1 aromatic heterocycles. The number of fused-ring (bicyclic) bond motifs is 1. The van der Waals surface area contributed by atoms with Crippen molar-refractivity contribution in [3.05, 3.63) is 23.9 Å². The topological polar surface area (TPSA) is 131 Å². The van der Waals surface area contributed by atoms with Gasteiger partial charge in [0.2, 0.25) is 0 Å². The third-order valence-corrected chi connectivity index (χ3v) is 5.77. The van der Waals surface area contributed by atoms with Gasteiger partial charge in [0.15, 0.2) is 11.5 Å². The highest BCUT2D eigenvalue weighted by Crippen LogP contribution is 2.38. The Morgan fingerprint density at radius 3 is 2.66 bits per heavy atom. The molecule has 1 aliphatic heterocycles. The lowest BCUT2D eigenvalue weighted by atomic mass is 10.0. The molecule has 0 unspecified atom stereocenters. The van der Waals surface area contributed by atoms with Crippen LogP contribution < -0.4 is 24.2 Å². The molecular formula is C19H25N5O4S. The first-order valence-corrected chi connectivity index (χ1v) is 10.9. The lowest BCUT2D eigenvalue weighted by molar-refractivity contribution is 0.356. The lowest BCUT2D eigenvalue weighted by Crippen LogP contribution is -2.35. The zero-order chi connectivity index (χ0) is 21.0. The Bertz CT molecular complexity index is 1040. The zero-order valence-electron chi connectivity index (χ0n) is 16.5. The van der Waals surface area contributed by atoms with Crippen LogP contribution in [-0.4, -0.2) is 47.3 Å². The van der Waals surface area contributed by atoms with Gasteiger partial charge in [-0.1, -0.05) is 0 Å². The number of hydrogen-bond acceptors (Lipinski definition) is 7. The minimum Gasteiger partial charge on any atom is -0.493 e. The van der Waals surface area contributed by atoms with Crippen LogP contribution in [0.1, 0.15) is 24.8 Å². The minimum atomic E-state index is -3.70. The standard InChI is InChI=1S/C19H25N5O4S/c1-27-17-8-15-16(9-18(17)28-2)22-12-14(10-20)19(15)24-6-3-4-13(5-7-24)11-23-29(21,25)26/h8-9,12-13,23H,3-7,11H2,1-2H3,(H2,21,25,26)/t13-/m0/s1. The molecule has 3 N–H and O–H groups in total. The molecule has 0 aliphatic carbocycles. The molecule has 0 spiro atoms. The van der Waals surface area contributed by atoms with Crippen molar-refractivity contribution in [3.8, 4) is 17.6 Å². The molecule has 0 amide bonds. The van der Waals surface area contributed by atoms with Crippen LogP contribution in [0.5, 0.6) is 11.5 Å². The maximum absolute atomic E-state index is 11.2. The smallest absolute Gasteiger partial charge is 0.274 e. The van der Waals surface area contributed by atoms with E-state index < -0.39 is 10.2 Å². The molecule has 3 rings (SSSR count). The summed E-state index contributed by atoms with van der Waals surface area (Å²) in [5.41, 5.74) is 2.03. The number of rotatable bonds is 6. The summed E-state index contributed by atoms with van der Waals surface area (Å²) in [6, 6.07) is 5.89. The van der Waals surface area contributed by atoms with Crippen molar-refractivity contribution in [2.45, 2.75) is 19.3 Å². The van der Waals surface area contributed by atoms with E-state index in [0.717, 1.165) is 36.9 Å². The van der Waals surface area contributed by atoms with Crippen LogP contribution in [0.25, 0.3) is 10.9 Å². The summed E-state index contributed by atoms with van der Waals surface area (Å²) in [6.45, 7) is 1.77. The molecule has 1 aromatic carbocycles. The summed E-state index contributed by atoms with van der Waals surface area (Å²) >= 11 is 0. The fraction of sp³-hybridized carbons (Fsp3) is 0.474. The molecule has 10 heteroatoms. The van der Waals surface area contributed by atoms with Gasteiger partial charge < -0.3 is 14.4 Å². The zero-order valence-corrected chi connectivity index (χ0v) is 17.3. The summed E-state index contributed by atoms with van der Waals surface area (Å²) in [5.74, 6) is 1.34. The highest BCUT2D eigenvalue weighted by atomic mass is 32.2. The number of benzene rings is 1. The Kier molecular flexibility index (Phi) is 6.42. The fourth-order valence-electron chi connectivity index (χ4n) is 3.75. The summed E-state index contributed by atoms with van der Waals surface area (Å²) in [7, 11) is -0.558. The maximum atomic E-state index is 11.2. The molecule has 0 radical (unpaired) electrons. The van der Waals surface area contributed by atoms with Gasteiger partial charge in [-0.25, -0.2) is 9.86 Å². The van der Waals surface area contributed by atoms with Gasteiger partial charge in [0.05, 0.1) is 31.0 Å². The van der Waals surface area contributed by atoms with E-state index in [1.165, 1.54) is 0 Å². The Balaban J connectivity index is 1.94. The van der Waals surface area contributed by atoms with Crippen LogP contribution in [0.3, 0.4) is 0 Å². The third kappa shape index (κ3) is 4.87. The predicted molar refractivity (Wildman–Crippen MR) is 110 cm³/mol. The van der Waals surface area contributed by atoms with Crippen molar-refractivity contribution in [1.82, 2.24) is 9.71 Å². The number of nitrogens with zero attached hydrogens (tertiary/aromatic N) is 3. The SMILES string of the molecule is COc1cc2ncc(C#N)c(N3CCC[C@H](CNS(N)(=O)=O)CC3)c2cc1OC. The second-order valence-corrected chi connectivity index (χ2v) is 8.41. The Hall–Kier alpha value is -2.61. The van der Waals surface area contributed by atoms with Gasteiger partial charge in [-0.15, -0.1) is 0 Å². The van der Waals surface area contributed by atoms with Crippen LogP contribution in [-0.2, 0) is 10.2 Å². The van der Waals surface area contributed by atoms with Crippen molar-refractivity contribution in [2.24, 2.45) is 11.1 Å². The van der Waals surface area contributed by atoms with Gasteiger partial charge in [0, 0.05) is 37.3 Å². The molecule has 2 heterocycles. The van der Waals surface area contributed by atoms with Crippen molar-refractivity contribution >= 4 is 26.8 Å². The molecule has 29 heavy (non-hydrogen) atoms. The molecule has 0 bridgehead atoms. The van der Waals surface area contributed by atoms with E-state index >= 15 is 0 Å². The predicted octanol–water partition coefficient (Wildman–Crippen LogP) is 1.52. The first-order valence-electron chi connectivity index (χ1n) is 9.33. The van der Waals surface area contributed by atoms with Gasteiger partial charge in [0.25, 0.3) is 10.2 Å². The Morgan fingerprint density at radius 2 is 2.00 bits per heavy atom. The first kappa shape index (κ1) is 21.1. The summed E-state index contributed by atoms with van der Waals surface area (Å²) < 4.78 is 35.6. The van der Waals surface area contributed by atoms with Crippen molar-refractivity contribution in [1.29, 1.82) is 5.26 Å². The molecule has 9 nitrogen and oxygen atoms in total. The summed E-state index contributed by atoms with van der Waals surface area (Å²) in [4.78, 5) is 6.58. The number of anilines is 1. The van der Waals surface area contributed by atoms with Crippen molar-refractivity contribution < 1.29 is 17.9 Å². The lowest BCUT2D eigenvalue weighted by Gasteiger charge is -2.26. The minimum absolute atomic E-state index is 0.187. The van der Waals surface area contributed by atoms with Crippen LogP contribution >= 0.6 is 0 Å². The molecule has 1 atom stereocenters. The van der Waals surface area contributed by atoms with Gasteiger partial charge in [0.1, 0.15) is 6.07 Å². The van der Waals surface area contributed by atoms with Crippen molar-refractivity contribution in [3.63, 3.8) is 0 Å². The van der Waals surface area contributed by atoms with Gasteiger partial charge in [-0.05, 0) is 31.2 Å². The Morgan fingerprint density at radius 1 is 1.28 bits per heavy atom. The van der Waals surface area contributed by atoms with Crippen LogP contribution in [0.15, 0.2) is 18.3 Å². The molecular weight excluding hydrogens is 394 g/mol. The fourth-order valence-corrected chi connectivity index (χ4v) is 4.22. The average molecular weight is 420 g/mol. The van der Waals surface area contributed by atoms with Gasteiger partial charge in [-0.2, -0.15) is 13.7 Å². The summed E-state index contributed by atoms with van der Waals surface area (Å²) in [6.07, 6.45) is 4.11. The average Bonchev–Trinajstić information content (AvgIpc) is 2.95. The molecule has 1 saturated heterocycles. The number of aromatic nitrogens is 1. The monoisotopic (exact) mass is 419 g/mol. The third-order valence-electron chi connectivity index (χ3n) is 5.20. The maximum Gasteiger partial charge on any atom is 0.274 e. The Labute approximate surface area is 170 Å². The van der Waals surface area contributed by atoms with E-state index in [4.69, 9.17) is 14.6 Å². The normalized spacial score (nSPS) is 17.6. The van der Waals surface area contributed by atoms with E-state index in [9.17, 15) is 13.7 Å². The molecule has 1 fully saturated rings. The number of methoxy groups -OCH3 is 2. The number of nitrogens with one attached hydrogen (secondary N) is 1. The number of nitrogens with two attached hydrogens (primary N) is 1. The van der Waals surface area contributed by atoms with E-state index in [1.807, 2.05) is 6.07 Å².